The number of nitriles is 1. The summed E-state index contributed by atoms with van der Waals surface area (Å²) in [6.45, 7) is 0. The van der Waals surface area contributed by atoms with Crippen LogP contribution in [0.15, 0.2) is 0 Å². The Bertz CT molecular complexity index is 240. The quantitative estimate of drug-likeness (QED) is 0.629. The first-order chi connectivity index (χ1) is 4.25. The predicted octanol–water partition coefficient (Wildman–Crippen LogP) is 1.59. The fraction of sp³-hybridized carbons (Fsp3) is 0. The molecule has 0 unspecified atom stereocenters. The maximum atomic E-state index is 8.31. The average Bonchev–Trinajstić information content (AvgIpc) is 2.12. The Morgan fingerprint density at radius 3 is 2.44 bits per heavy atom. The van der Waals surface area contributed by atoms with Crippen LogP contribution in [0.2, 0.25) is 10.3 Å². The number of rotatable bonds is 0. The lowest BCUT2D eigenvalue weighted by Crippen LogP contribution is -1.67. The van der Waals surface area contributed by atoms with E-state index in [1.165, 1.54) is 0 Å². The third kappa shape index (κ3) is 0.995. The summed E-state index contributed by atoms with van der Waals surface area (Å²) in [6, 6.07) is 1.79. The highest BCUT2D eigenvalue weighted by Crippen LogP contribution is 2.18. The number of aromatic amines is 1. The molecule has 1 rings (SSSR count). The fourth-order valence-corrected chi connectivity index (χ4v) is 0.797. The van der Waals surface area contributed by atoms with Crippen molar-refractivity contribution in [3.8, 4) is 6.07 Å². The Balaban J connectivity index is 3.27. The summed E-state index contributed by atoms with van der Waals surface area (Å²) >= 11 is 10.8. The minimum Gasteiger partial charge on any atom is -0.265 e. The van der Waals surface area contributed by atoms with Crippen molar-refractivity contribution in [1.82, 2.24) is 10.2 Å². The molecule has 1 heterocycles. The molecule has 0 radical (unpaired) electrons. The maximum Gasteiger partial charge on any atom is 0.170 e. The third-order valence-corrected chi connectivity index (χ3v) is 1.34. The third-order valence-electron chi connectivity index (χ3n) is 0.790. The second kappa shape index (κ2) is 2.26. The van der Waals surface area contributed by atoms with Gasteiger partial charge in [-0.2, -0.15) is 10.4 Å². The number of hydrogen-bond donors (Lipinski definition) is 1. The number of H-pyrrole nitrogens is 1. The summed E-state index contributed by atoms with van der Waals surface area (Å²) in [5.74, 6) is 0. The van der Waals surface area contributed by atoms with Crippen molar-refractivity contribution in [3.63, 3.8) is 0 Å². The van der Waals surface area contributed by atoms with Crippen molar-refractivity contribution < 1.29 is 0 Å². The highest BCUT2D eigenvalue weighted by molar-refractivity contribution is 6.35. The number of nitrogens with zero attached hydrogens (tertiary/aromatic N) is 2. The summed E-state index contributed by atoms with van der Waals surface area (Å²) < 4.78 is 0. The first-order valence-electron chi connectivity index (χ1n) is 2.05. The van der Waals surface area contributed by atoms with E-state index in [2.05, 4.69) is 10.2 Å². The van der Waals surface area contributed by atoms with Crippen LogP contribution in [0.25, 0.3) is 0 Å². The zero-order chi connectivity index (χ0) is 6.85. The molecule has 9 heavy (non-hydrogen) atoms. The Hall–Kier alpha value is -0.720. The lowest BCUT2D eigenvalue weighted by Gasteiger charge is -1.76. The number of nitrogens with one attached hydrogen (secondary N) is 1. The van der Waals surface area contributed by atoms with Gasteiger partial charge in [0, 0.05) is 0 Å². The summed E-state index contributed by atoms with van der Waals surface area (Å²) in [4.78, 5) is 0. The Kier molecular flexibility index (Phi) is 1.60. The van der Waals surface area contributed by atoms with E-state index >= 15 is 0 Å². The highest BCUT2D eigenvalue weighted by atomic mass is 35.5. The van der Waals surface area contributed by atoms with E-state index in [1.807, 2.05) is 0 Å². The molecule has 0 fully saturated rings. The first-order valence-corrected chi connectivity index (χ1v) is 2.80. The van der Waals surface area contributed by atoms with Crippen LogP contribution in [0.3, 0.4) is 0 Å². The Morgan fingerprint density at radius 1 is 1.56 bits per heavy atom. The molecule has 0 spiro atoms. The maximum absolute atomic E-state index is 8.31. The van der Waals surface area contributed by atoms with Gasteiger partial charge in [0.05, 0.1) is 0 Å². The van der Waals surface area contributed by atoms with Crippen LogP contribution in [0.5, 0.6) is 0 Å². The molecular formula is C4HCl2N3. The molecule has 0 saturated carbocycles. The van der Waals surface area contributed by atoms with Crippen LogP contribution >= 0.6 is 23.2 Å². The second-order valence-electron chi connectivity index (χ2n) is 1.32. The van der Waals surface area contributed by atoms with Crippen LogP contribution in [0.1, 0.15) is 5.56 Å². The molecule has 1 aromatic rings. The molecule has 0 amide bonds. The number of halogens is 2. The van der Waals surface area contributed by atoms with Gasteiger partial charge in [0.15, 0.2) is 5.15 Å². The van der Waals surface area contributed by atoms with Crippen molar-refractivity contribution in [2.45, 2.75) is 0 Å². The Morgan fingerprint density at radius 2 is 2.22 bits per heavy atom. The van der Waals surface area contributed by atoms with Gasteiger partial charge in [-0.05, 0) is 0 Å². The van der Waals surface area contributed by atoms with Crippen LogP contribution < -0.4 is 0 Å². The number of aromatic nitrogens is 2. The van der Waals surface area contributed by atoms with Gasteiger partial charge in [-0.1, -0.05) is 23.2 Å². The van der Waals surface area contributed by atoms with Crippen molar-refractivity contribution in [2.24, 2.45) is 0 Å². The van der Waals surface area contributed by atoms with Gasteiger partial charge < -0.3 is 0 Å². The summed E-state index contributed by atoms with van der Waals surface area (Å²) in [7, 11) is 0. The standard InChI is InChI=1S/C4HCl2N3/c5-3-2(1-7)4(6)9-8-3/h(H,8,9). The fourth-order valence-electron chi connectivity index (χ4n) is 0.396. The summed E-state index contributed by atoms with van der Waals surface area (Å²) in [6.07, 6.45) is 0. The molecule has 1 aromatic heterocycles. The van der Waals surface area contributed by atoms with Gasteiger partial charge in [0.1, 0.15) is 16.8 Å². The molecule has 46 valence electrons. The van der Waals surface area contributed by atoms with Crippen molar-refractivity contribution in [1.29, 1.82) is 5.26 Å². The average molecular weight is 162 g/mol. The molecular weight excluding hydrogens is 161 g/mol. The van der Waals surface area contributed by atoms with Gasteiger partial charge in [-0.3, -0.25) is 5.10 Å². The van der Waals surface area contributed by atoms with Crippen LogP contribution in [0, 0.1) is 11.3 Å². The van der Waals surface area contributed by atoms with E-state index in [9.17, 15) is 0 Å². The first kappa shape index (κ1) is 6.40. The zero-order valence-corrected chi connectivity index (χ0v) is 5.66. The summed E-state index contributed by atoms with van der Waals surface area (Å²) in [5.41, 5.74) is 0.193. The molecule has 0 aliphatic carbocycles. The predicted molar refractivity (Wildman–Crippen MR) is 33.3 cm³/mol. The van der Waals surface area contributed by atoms with Gasteiger partial charge in [-0.25, -0.2) is 0 Å². The van der Waals surface area contributed by atoms with Gasteiger partial charge in [-0.15, -0.1) is 0 Å². The minimum absolute atomic E-state index is 0.113. The van der Waals surface area contributed by atoms with Crippen LogP contribution in [0.4, 0.5) is 0 Å². The molecule has 5 heteroatoms. The van der Waals surface area contributed by atoms with Crippen molar-refractivity contribution in [3.05, 3.63) is 15.9 Å². The zero-order valence-electron chi connectivity index (χ0n) is 4.15. The molecule has 0 aromatic carbocycles. The van der Waals surface area contributed by atoms with E-state index in [4.69, 9.17) is 28.5 Å². The van der Waals surface area contributed by atoms with E-state index in [-0.39, 0.29) is 15.9 Å². The molecule has 0 aliphatic rings. The van der Waals surface area contributed by atoms with Crippen LogP contribution in [-0.4, -0.2) is 10.2 Å². The Labute approximate surface area is 61.2 Å². The van der Waals surface area contributed by atoms with Gasteiger partial charge in [0.2, 0.25) is 0 Å². The second-order valence-corrected chi connectivity index (χ2v) is 2.05. The van der Waals surface area contributed by atoms with Crippen LogP contribution in [-0.2, 0) is 0 Å². The van der Waals surface area contributed by atoms with Gasteiger partial charge in [0.25, 0.3) is 0 Å². The largest absolute Gasteiger partial charge is 0.265 e. The van der Waals surface area contributed by atoms with E-state index in [1.54, 1.807) is 6.07 Å². The summed E-state index contributed by atoms with van der Waals surface area (Å²) in [5, 5.41) is 14.4. The lowest BCUT2D eigenvalue weighted by atomic mass is 10.4. The SMILES string of the molecule is N#Cc1c(Cl)n[nH]c1Cl. The van der Waals surface area contributed by atoms with Crippen molar-refractivity contribution in [2.75, 3.05) is 0 Å². The normalized spacial score (nSPS) is 9.00. The monoisotopic (exact) mass is 161 g/mol. The molecule has 0 bridgehead atoms. The van der Waals surface area contributed by atoms with E-state index in [0.29, 0.717) is 0 Å². The van der Waals surface area contributed by atoms with E-state index < -0.39 is 0 Å². The molecule has 0 aliphatic heterocycles. The molecule has 1 N–H and O–H groups in total. The smallest absolute Gasteiger partial charge is 0.170 e. The minimum atomic E-state index is 0.113. The molecule has 3 nitrogen and oxygen atoms in total. The number of hydrogen-bond acceptors (Lipinski definition) is 2. The molecule has 0 saturated heterocycles. The highest BCUT2D eigenvalue weighted by Gasteiger charge is 2.06. The topological polar surface area (TPSA) is 52.5 Å². The van der Waals surface area contributed by atoms with Gasteiger partial charge >= 0.3 is 0 Å². The lowest BCUT2D eigenvalue weighted by molar-refractivity contribution is 1.09. The van der Waals surface area contributed by atoms with Crippen molar-refractivity contribution >= 4 is 23.2 Å². The molecule has 0 atom stereocenters. The van der Waals surface area contributed by atoms with E-state index in [0.717, 1.165) is 0 Å².